The number of hydrogen-bond acceptors (Lipinski definition) is 3. The van der Waals surface area contributed by atoms with Crippen LogP contribution >= 0.6 is 0 Å². The SMILES string of the molecule is CN1C(=O)c2cccn2CC1CNS(=O)(=O)c1ccc(F)cc1. The minimum absolute atomic E-state index is 0.00894. The minimum Gasteiger partial charge on any atom is -0.341 e. The molecule has 1 unspecified atom stereocenters. The van der Waals surface area contributed by atoms with Crippen LogP contribution in [0.3, 0.4) is 0 Å². The van der Waals surface area contributed by atoms with Crippen molar-refractivity contribution in [3.63, 3.8) is 0 Å². The summed E-state index contributed by atoms with van der Waals surface area (Å²) in [5.74, 6) is -0.645. The summed E-state index contributed by atoms with van der Waals surface area (Å²) >= 11 is 0. The molecule has 1 N–H and O–H groups in total. The van der Waals surface area contributed by atoms with Crippen molar-refractivity contribution in [2.45, 2.75) is 17.5 Å². The highest BCUT2D eigenvalue weighted by molar-refractivity contribution is 7.89. The van der Waals surface area contributed by atoms with Gasteiger partial charge in [-0.1, -0.05) is 0 Å². The number of carbonyl (C=O) groups is 1. The highest BCUT2D eigenvalue weighted by Crippen LogP contribution is 2.17. The molecule has 0 aliphatic carbocycles. The Labute approximate surface area is 133 Å². The molecule has 0 saturated carbocycles. The molecule has 0 radical (unpaired) electrons. The van der Waals surface area contributed by atoms with Gasteiger partial charge in [-0.05, 0) is 36.4 Å². The Bertz CT molecular complexity index is 830. The normalized spacial score (nSPS) is 18.1. The molecule has 0 fully saturated rings. The molecule has 0 bridgehead atoms. The molecule has 23 heavy (non-hydrogen) atoms. The number of fused-ring (bicyclic) bond motifs is 1. The number of hydrogen-bond donors (Lipinski definition) is 1. The number of benzene rings is 1. The molecular formula is C15H16FN3O3S. The Morgan fingerprint density at radius 3 is 2.65 bits per heavy atom. The highest BCUT2D eigenvalue weighted by Gasteiger charge is 2.30. The first kappa shape index (κ1) is 15.7. The van der Waals surface area contributed by atoms with Gasteiger partial charge in [-0.15, -0.1) is 0 Å². The van der Waals surface area contributed by atoms with Crippen LogP contribution < -0.4 is 4.72 Å². The lowest BCUT2D eigenvalue weighted by Gasteiger charge is -2.33. The fourth-order valence-electron chi connectivity index (χ4n) is 2.57. The molecule has 0 saturated heterocycles. The largest absolute Gasteiger partial charge is 0.341 e. The molecule has 1 amide bonds. The summed E-state index contributed by atoms with van der Waals surface area (Å²) < 4.78 is 41.6. The van der Waals surface area contributed by atoms with Gasteiger partial charge in [0.1, 0.15) is 11.5 Å². The van der Waals surface area contributed by atoms with E-state index >= 15 is 0 Å². The predicted molar refractivity (Wildman–Crippen MR) is 81.9 cm³/mol. The van der Waals surface area contributed by atoms with E-state index in [-0.39, 0.29) is 23.4 Å². The number of aromatic nitrogens is 1. The number of rotatable bonds is 4. The van der Waals surface area contributed by atoms with Gasteiger partial charge in [0.25, 0.3) is 5.91 Å². The summed E-state index contributed by atoms with van der Waals surface area (Å²) in [7, 11) is -2.10. The van der Waals surface area contributed by atoms with Crippen LogP contribution in [0.15, 0.2) is 47.5 Å². The number of nitrogens with one attached hydrogen (secondary N) is 1. The summed E-state index contributed by atoms with van der Waals surface area (Å²) in [5.41, 5.74) is 0.588. The van der Waals surface area contributed by atoms with Crippen LogP contribution in [0.5, 0.6) is 0 Å². The molecule has 1 aromatic heterocycles. The Morgan fingerprint density at radius 2 is 1.96 bits per heavy atom. The van der Waals surface area contributed by atoms with E-state index in [9.17, 15) is 17.6 Å². The molecule has 8 heteroatoms. The van der Waals surface area contributed by atoms with Crippen LogP contribution in [0.2, 0.25) is 0 Å². The monoisotopic (exact) mass is 337 g/mol. The number of sulfonamides is 1. The fraction of sp³-hybridized carbons (Fsp3) is 0.267. The third kappa shape index (κ3) is 2.99. The van der Waals surface area contributed by atoms with Crippen molar-refractivity contribution in [1.29, 1.82) is 0 Å². The summed E-state index contributed by atoms with van der Waals surface area (Å²) in [6.45, 7) is 0.593. The third-order valence-corrected chi connectivity index (χ3v) is 5.40. The van der Waals surface area contributed by atoms with Gasteiger partial charge in [-0.25, -0.2) is 17.5 Å². The lowest BCUT2D eigenvalue weighted by Crippen LogP contribution is -2.50. The lowest BCUT2D eigenvalue weighted by molar-refractivity contribution is 0.0661. The topological polar surface area (TPSA) is 71.4 Å². The van der Waals surface area contributed by atoms with E-state index in [0.717, 1.165) is 12.1 Å². The van der Waals surface area contributed by atoms with Crippen LogP contribution in [0, 0.1) is 5.82 Å². The Morgan fingerprint density at radius 1 is 1.26 bits per heavy atom. The van der Waals surface area contributed by atoms with E-state index in [1.807, 2.05) is 0 Å². The summed E-state index contributed by atoms with van der Waals surface area (Å²) in [4.78, 5) is 13.7. The van der Waals surface area contributed by atoms with E-state index in [1.54, 1.807) is 29.9 Å². The van der Waals surface area contributed by atoms with Gasteiger partial charge in [-0.2, -0.15) is 0 Å². The first-order valence-electron chi connectivity index (χ1n) is 7.06. The van der Waals surface area contributed by atoms with Crippen molar-refractivity contribution in [1.82, 2.24) is 14.2 Å². The molecule has 122 valence electrons. The van der Waals surface area contributed by atoms with Crippen molar-refractivity contribution in [2.24, 2.45) is 0 Å². The van der Waals surface area contributed by atoms with Crippen LogP contribution in [0.1, 0.15) is 10.5 Å². The average molecular weight is 337 g/mol. The van der Waals surface area contributed by atoms with E-state index < -0.39 is 15.8 Å². The fourth-order valence-corrected chi connectivity index (χ4v) is 3.64. The standard InChI is InChI=1S/C15H16FN3O3S/c1-18-12(10-19-8-2-3-14(19)15(18)20)9-17-23(21,22)13-6-4-11(16)5-7-13/h2-8,12,17H,9-10H2,1H3. The first-order valence-corrected chi connectivity index (χ1v) is 8.54. The van der Waals surface area contributed by atoms with Gasteiger partial charge >= 0.3 is 0 Å². The van der Waals surface area contributed by atoms with E-state index in [0.29, 0.717) is 12.2 Å². The molecule has 2 heterocycles. The smallest absolute Gasteiger partial charge is 0.270 e. The summed E-state index contributed by atoms with van der Waals surface area (Å²) in [5, 5.41) is 0. The van der Waals surface area contributed by atoms with Gasteiger partial charge in [0.15, 0.2) is 0 Å². The second-order valence-corrected chi connectivity index (χ2v) is 7.19. The second kappa shape index (κ2) is 5.78. The van der Waals surface area contributed by atoms with Crippen molar-refractivity contribution in [2.75, 3.05) is 13.6 Å². The molecular weight excluding hydrogens is 321 g/mol. The van der Waals surface area contributed by atoms with Gasteiger partial charge in [0.05, 0.1) is 10.9 Å². The molecule has 1 aromatic carbocycles. The Hall–Kier alpha value is -2.19. The number of amides is 1. The van der Waals surface area contributed by atoms with Crippen molar-refractivity contribution < 1.29 is 17.6 Å². The van der Waals surface area contributed by atoms with E-state index in [4.69, 9.17) is 0 Å². The zero-order valence-corrected chi connectivity index (χ0v) is 13.3. The molecule has 1 aliphatic rings. The number of likely N-dealkylation sites (N-methyl/N-ethyl adjacent to an activating group) is 1. The summed E-state index contributed by atoms with van der Waals surface area (Å²) in [6.07, 6.45) is 1.79. The molecule has 1 aliphatic heterocycles. The van der Waals surface area contributed by atoms with Crippen LogP contribution in [-0.4, -0.2) is 43.4 Å². The maximum absolute atomic E-state index is 12.9. The number of halogens is 1. The Kier molecular flexibility index (Phi) is 3.95. The Balaban J connectivity index is 1.73. The zero-order chi connectivity index (χ0) is 16.6. The van der Waals surface area contributed by atoms with Crippen molar-refractivity contribution in [3.05, 3.63) is 54.1 Å². The van der Waals surface area contributed by atoms with Gasteiger partial charge in [0.2, 0.25) is 10.0 Å². The van der Waals surface area contributed by atoms with Gasteiger partial charge in [-0.3, -0.25) is 4.79 Å². The van der Waals surface area contributed by atoms with Crippen LogP contribution in [0.25, 0.3) is 0 Å². The quantitative estimate of drug-likeness (QED) is 0.907. The summed E-state index contributed by atoms with van der Waals surface area (Å²) in [6, 6.07) is 7.82. The molecule has 1 atom stereocenters. The predicted octanol–water partition coefficient (Wildman–Crippen LogP) is 1.06. The van der Waals surface area contributed by atoms with Crippen molar-refractivity contribution >= 4 is 15.9 Å². The number of carbonyl (C=O) groups excluding carboxylic acids is 1. The molecule has 2 aromatic rings. The maximum Gasteiger partial charge on any atom is 0.270 e. The van der Waals surface area contributed by atoms with Gasteiger partial charge < -0.3 is 9.47 Å². The maximum atomic E-state index is 12.9. The van der Waals surface area contributed by atoms with Gasteiger partial charge in [0, 0.05) is 26.3 Å². The van der Waals surface area contributed by atoms with E-state index in [1.165, 1.54) is 17.0 Å². The second-order valence-electron chi connectivity index (χ2n) is 5.42. The molecule has 6 nitrogen and oxygen atoms in total. The highest BCUT2D eigenvalue weighted by atomic mass is 32.2. The third-order valence-electron chi connectivity index (χ3n) is 3.96. The molecule has 0 spiro atoms. The minimum atomic E-state index is -3.75. The first-order chi connectivity index (χ1) is 10.9. The lowest BCUT2D eigenvalue weighted by atomic mass is 10.2. The van der Waals surface area contributed by atoms with Crippen molar-refractivity contribution in [3.8, 4) is 0 Å². The van der Waals surface area contributed by atoms with E-state index in [2.05, 4.69) is 4.72 Å². The molecule has 3 rings (SSSR count). The average Bonchev–Trinajstić information content (AvgIpc) is 2.98. The number of nitrogens with zero attached hydrogens (tertiary/aromatic N) is 2. The zero-order valence-electron chi connectivity index (χ0n) is 12.4. The van der Waals surface area contributed by atoms with Crippen LogP contribution in [-0.2, 0) is 16.6 Å². The van der Waals surface area contributed by atoms with Crippen LogP contribution in [0.4, 0.5) is 4.39 Å².